The number of alkyl halides is 1. The second-order valence-corrected chi connectivity index (χ2v) is 6.76. The zero-order valence-corrected chi connectivity index (χ0v) is 13.3. The third-order valence-corrected chi connectivity index (χ3v) is 4.88. The first-order chi connectivity index (χ1) is 10.0. The van der Waals surface area contributed by atoms with Gasteiger partial charge in [0.05, 0.1) is 16.9 Å². The van der Waals surface area contributed by atoms with Crippen molar-refractivity contribution in [2.24, 2.45) is 5.41 Å². The van der Waals surface area contributed by atoms with Crippen molar-refractivity contribution in [3.8, 4) is 0 Å². The topological polar surface area (TPSA) is 21.1 Å². The highest BCUT2D eigenvalue weighted by Gasteiger charge is 2.30. The van der Waals surface area contributed by atoms with Gasteiger partial charge in [-0.1, -0.05) is 6.92 Å². The molecule has 0 amide bonds. The summed E-state index contributed by atoms with van der Waals surface area (Å²) in [6.45, 7) is 5.46. The molecule has 5 heteroatoms. The van der Waals surface area contributed by atoms with E-state index >= 15 is 0 Å². The van der Waals surface area contributed by atoms with Gasteiger partial charge in [0.1, 0.15) is 11.6 Å². The van der Waals surface area contributed by atoms with Gasteiger partial charge >= 0.3 is 0 Å². The summed E-state index contributed by atoms with van der Waals surface area (Å²) in [5.41, 5.74) is 1.92. The summed E-state index contributed by atoms with van der Waals surface area (Å²) in [4.78, 5) is 6.85. The van der Waals surface area contributed by atoms with Gasteiger partial charge in [-0.25, -0.2) is 9.37 Å². The summed E-state index contributed by atoms with van der Waals surface area (Å²) in [7, 11) is 2.17. The molecule has 0 unspecified atom stereocenters. The summed E-state index contributed by atoms with van der Waals surface area (Å²) in [6, 6.07) is 4.79. The molecule has 1 aliphatic heterocycles. The number of fused-ring (bicyclic) bond motifs is 1. The fraction of sp³-hybridized carbons (Fsp3) is 0.562. The number of hydrogen-bond acceptors (Lipinski definition) is 2. The van der Waals surface area contributed by atoms with E-state index in [1.807, 2.05) is 6.07 Å². The number of nitrogens with zero attached hydrogens (tertiary/aromatic N) is 3. The van der Waals surface area contributed by atoms with Gasteiger partial charge in [0.25, 0.3) is 0 Å². The number of aromatic nitrogens is 2. The summed E-state index contributed by atoms with van der Waals surface area (Å²) in [5, 5.41) is 0. The van der Waals surface area contributed by atoms with Crippen LogP contribution in [-0.2, 0) is 12.4 Å². The lowest BCUT2D eigenvalue weighted by Gasteiger charge is -2.38. The van der Waals surface area contributed by atoms with Crippen LogP contribution in [0.5, 0.6) is 0 Å². The Morgan fingerprint density at radius 2 is 2.05 bits per heavy atom. The van der Waals surface area contributed by atoms with Crippen molar-refractivity contribution in [2.75, 3.05) is 20.1 Å². The van der Waals surface area contributed by atoms with Crippen LogP contribution in [0.2, 0.25) is 0 Å². The van der Waals surface area contributed by atoms with Gasteiger partial charge < -0.3 is 9.47 Å². The Morgan fingerprint density at radius 1 is 1.33 bits per heavy atom. The third kappa shape index (κ3) is 2.92. The molecule has 0 radical (unpaired) electrons. The molecule has 2 aromatic rings. The molecule has 0 spiro atoms. The highest BCUT2D eigenvalue weighted by Crippen LogP contribution is 2.34. The van der Waals surface area contributed by atoms with Crippen LogP contribution in [0, 0.1) is 11.2 Å². The second kappa shape index (κ2) is 5.58. The molecule has 1 aromatic heterocycles. The van der Waals surface area contributed by atoms with Gasteiger partial charge in [0, 0.05) is 12.6 Å². The first-order valence-electron chi connectivity index (χ1n) is 7.40. The van der Waals surface area contributed by atoms with Gasteiger partial charge in [-0.2, -0.15) is 0 Å². The monoisotopic (exact) mass is 309 g/mol. The van der Waals surface area contributed by atoms with E-state index in [-0.39, 0.29) is 11.2 Å². The molecule has 3 rings (SSSR count). The van der Waals surface area contributed by atoms with E-state index in [0.717, 1.165) is 43.8 Å². The van der Waals surface area contributed by atoms with E-state index in [2.05, 4.69) is 28.4 Å². The van der Waals surface area contributed by atoms with Crippen molar-refractivity contribution in [2.45, 2.75) is 32.2 Å². The van der Waals surface area contributed by atoms with Crippen LogP contribution < -0.4 is 0 Å². The van der Waals surface area contributed by atoms with Gasteiger partial charge in [-0.3, -0.25) is 0 Å². The number of halogens is 2. The first-order valence-corrected chi connectivity index (χ1v) is 7.93. The molecule has 1 fully saturated rings. The molecule has 3 nitrogen and oxygen atoms in total. The fourth-order valence-corrected chi connectivity index (χ4v) is 3.33. The quantitative estimate of drug-likeness (QED) is 0.807. The van der Waals surface area contributed by atoms with Crippen LogP contribution in [0.15, 0.2) is 18.2 Å². The maximum atomic E-state index is 13.4. The number of likely N-dealkylation sites (tertiary alicyclic amines) is 1. The third-order valence-electron chi connectivity index (χ3n) is 4.64. The largest absolute Gasteiger partial charge is 0.326 e. The van der Waals surface area contributed by atoms with Gasteiger partial charge in [-0.15, -0.1) is 11.6 Å². The fourth-order valence-electron chi connectivity index (χ4n) is 3.13. The van der Waals surface area contributed by atoms with E-state index in [0.29, 0.717) is 11.4 Å². The van der Waals surface area contributed by atoms with Crippen molar-refractivity contribution in [1.29, 1.82) is 0 Å². The highest BCUT2D eigenvalue weighted by molar-refractivity contribution is 6.16. The Morgan fingerprint density at radius 3 is 2.71 bits per heavy atom. The van der Waals surface area contributed by atoms with Gasteiger partial charge in [0.15, 0.2) is 0 Å². The second-order valence-electron chi connectivity index (χ2n) is 6.49. The van der Waals surface area contributed by atoms with E-state index in [1.54, 1.807) is 0 Å². The zero-order valence-electron chi connectivity index (χ0n) is 12.6. The van der Waals surface area contributed by atoms with Crippen LogP contribution >= 0.6 is 11.6 Å². The number of benzene rings is 1. The lowest BCUT2D eigenvalue weighted by Crippen LogP contribution is -2.38. The maximum absolute atomic E-state index is 13.4. The van der Waals surface area contributed by atoms with Crippen molar-refractivity contribution in [3.05, 3.63) is 29.8 Å². The van der Waals surface area contributed by atoms with Gasteiger partial charge in [-0.05, 0) is 50.5 Å². The molecule has 0 bridgehead atoms. The van der Waals surface area contributed by atoms with Crippen LogP contribution in [-0.4, -0.2) is 34.6 Å². The van der Waals surface area contributed by atoms with Crippen molar-refractivity contribution < 1.29 is 4.39 Å². The summed E-state index contributed by atoms with van der Waals surface area (Å²) in [6.07, 6.45) is 2.32. The molecule has 21 heavy (non-hydrogen) atoms. The van der Waals surface area contributed by atoms with Gasteiger partial charge in [0.2, 0.25) is 0 Å². The zero-order chi connectivity index (χ0) is 15.0. The van der Waals surface area contributed by atoms with E-state index in [4.69, 9.17) is 11.6 Å². The van der Waals surface area contributed by atoms with E-state index < -0.39 is 0 Å². The van der Waals surface area contributed by atoms with Crippen molar-refractivity contribution in [1.82, 2.24) is 14.5 Å². The molecule has 1 saturated heterocycles. The number of piperidine rings is 1. The average molecular weight is 310 g/mol. The number of hydrogen-bond donors (Lipinski definition) is 0. The summed E-state index contributed by atoms with van der Waals surface area (Å²) in [5.74, 6) is 0.933. The minimum Gasteiger partial charge on any atom is -0.326 e. The Hall–Kier alpha value is -1.13. The predicted octanol–water partition coefficient (Wildman–Crippen LogP) is 3.65. The van der Waals surface area contributed by atoms with Crippen molar-refractivity contribution in [3.63, 3.8) is 0 Å². The predicted molar refractivity (Wildman–Crippen MR) is 84.1 cm³/mol. The van der Waals surface area contributed by atoms with Crippen LogP contribution in [0.25, 0.3) is 11.0 Å². The Bertz CT molecular complexity index is 644. The lowest BCUT2D eigenvalue weighted by molar-refractivity contribution is 0.121. The number of rotatable bonds is 3. The number of imidazole rings is 1. The molecule has 0 N–H and O–H groups in total. The SMILES string of the molecule is CN1CCC(C)(Cn2c(CCl)nc3cc(F)ccc32)CC1. The maximum Gasteiger partial charge on any atom is 0.125 e. The molecule has 2 heterocycles. The molecule has 0 saturated carbocycles. The molecular formula is C16H21ClFN3. The van der Waals surface area contributed by atoms with Crippen molar-refractivity contribution >= 4 is 22.6 Å². The molecule has 1 aromatic carbocycles. The van der Waals surface area contributed by atoms with Crippen LogP contribution in [0.4, 0.5) is 4.39 Å². The average Bonchev–Trinajstić information content (AvgIpc) is 2.79. The molecule has 0 atom stereocenters. The summed E-state index contributed by atoms with van der Waals surface area (Å²) < 4.78 is 15.5. The Kier molecular flexibility index (Phi) is 3.93. The summed E-state index contributed by atoms with van der Waals surface area (Å²) >= 11 is 6.04. The normalized spacial score (nSPS) is 19.2. The minimum atomic E-state index is -0.251. The Balaban J connectivity index is 1.96. The minimum absolute atomic E-state index is 0.245. The molecular weight excluding hydrogens is 289 g/mol. The highest BCUT2D eigenvalue weighted by atomic mass is 35.5. The van der Waals surface area contributed by atoms with E-state index in [1.165, 1.54) is 12.1 Å². The lowest BCUT2D eigenvalue weighted by atomic mass is 9.80. The van der Waals surface area contributed by atoms with E-state index in [9.17, 15) is 4.39 Å². The first kappa shape index (κ1) is 14.8. The van der Waals surface area contributed by atoms with Crippen LogP contribution in [0.3, 0.4) is 0 Å². The van der Waals surface area contributed by atoms with Crippen LogP contribution in [0.1, 0.15) is 25.6 Å². The molecule has 1 aliphatic rings. The molecule has 0 aliphatic carbocycles. The standard InChI is InChI=1S/C16H21ClFN3/c1-16(5-7-20(2)8-6-16)11-21-14-4-3-12(18)9-13(14)19-15(21)10-17/h3-4,9H,5-8,10-11H2,1-2H3. The Labute approximate surface area is 129 Å². The molecule has 114 valence electrons. The smallest absolute Gasteiger partial charge is 0.125 e.